The van der Waals surface area contributed by atoms with Gasteiger partial charge in [-0.2, -0.15) is 0 Å². The van der Waals surface area contributed by atoms with Gasteiger partial charge >= 0.3 is 0 Å². The Balaban J connectivity index is 1.30. The van der Waals surface area contributed by atoms with Crippen molar-refractivity contribution in [3.8, 4) is 22.6 Å². The summed E-state index contributed by atoms with van der Waals surface area (Å²) in [6.07, 6.45) is 5.04. The molecule has 2 atom stereocenters. The molecule has 0 aliphatic carbocycles. The van der Waals surface area contributed by atoms with E-state index >= 15 is 0 Å². The molecule has 0 bridgehead atoms. The molecule has 3 aromatic carbocycles. The van der Waals surface area contributed by atoms with E-state index in [9.17, 15) is 0 Å². The van der Waals surface area contributed by atoms with E-state index in [0.29, 0.717) is 30.5 Å². The maximum atomic E-state index is 6.61. The van der Waals surface area contributed by atoms with Crippen LogP contribution in [0.25, 0.3) is 11.1 Å². The zero-order valence-corrected chi connectivity index (χ0v) is 19.5. The molecule has 1 fully saturated rings. The molecule has 1 aliphatic heterocycles. The molecule has 0 amide bonds. The van der Waals surface area contributed by atoms with Crippen molar-refractivity contribution < 1.29 is 18.9 Å². The SMILES string of the molecule is COc1ccc([C@]2(Cn3ccnc3)OC[C@@H](COc3ccc(-c4ccccc4)cc3)O2)c(Cl)c1. The Morgan fingerprint density at radius 1 is 1.03 bits per heavy atom. The molecule has 4 aromatic rings. The first-order valence-corrected chi connectivity index (χ1v) is 11.4. The van der Waals surface area contributed by atoms with Crippen molar-refractivity contribution in [2.45, 2.75) is 18.4 Å². The summed E-state index contributed by atoms with van der Waals surface area (Å²) in [5, 5.41) is 0.512. The van der Waals surface area contributed by atoms with Gasteiger partial charge in [-0.25, -0.2) is 4.98 Å². The minimum atomic E-state index is -1.06. The molecule has 1 saturated heterocycles. The van der Waals surface area contributed by atoms with Gasteiger partial charge in [0, 0.05) is 18.0 Å². The average molecular weight is 477 g/mol. The van der Waals surface area contributed by atoms with Crippen LogP contribution in [0.4, 0.5) is 0 Å². The van der Waals surface area contributed by atoms with Gasteiger partial charge in [-0.3, -0.25) is 0 Å². The maximum Gasteiger partial charge on any atom is 0.215 e. The number of imidazole rings is 1. The van der Waals surface area contributed by atoms with Gasteiger partial charge < -0.3 is 23.5 Å². The molecular formula is C27H25ClN2O4. The molecule has 1 aromatic heterocycles. The summed E-state index contributed by atoms with van der Waals surface area (Å²) >= 11 is 6.61. The lowest BCUT2D eigenvalue weighted by Gasteiger charge is -2.30. The second-order valence-corrected chi connectivity index (χ2v) is 8.49. The smallest absolute Gasteiger partial charge is 0.215 e. The highest BCUT2D eigenvalue weighted by atomic mass is 35.5. The first kappa shape index (κ1) is 22.5. The average Bonchev–Trinajstić information content (AvgIpc) is 3.54. The standard InChI is InChI=1S/C27H25ClN2O4/c1-31-23-11-12-25(26(28)15-23)27(18-30-14-13-29-19-30)33-17-24(34-27)16-32-22-9-7-21(8-10-22)20-5-3-2-4-6-20/h2-15,19,24H,16-18H2,1H3/t24-,27-/m1/s1. The number of rotatable bonds is 8. The van der Waals surface area contributed by atoms with Gasteiger partial charge in [0.2, 0.25) is 5.79 Å². The van der Waals surface area contributed by atoms with Gasteiger partial charge in [0.15, 0.2) is 0 Å². The molecule has 0 radical (unpaired) electrons. The van der Waals surface area contributed by atoms with Crippen molar-refractivity contribution in [1.82, 2.24) is 9.55 Å². The highest BCUT2D eigenvalue weighted by Crippen LogP contribution is 2.41. The predicted octanol–water partition coefficient (Wildman–Crippen LogP) is 5.56. The lowest BCUT2D eigenvalue weighted by Crippen LogP contribution is -2.34. The van der Waals surface area contributed by atoms with Crippen LogP contribution in [0, 0.1) is 0 Å². The van der Waals surface area contributed by atoms with Crippen LogP contribution in [0.15, 0.2) is 91.5 Å². The van der Waals surface area contributed by atoms with E-state index in [1.807, 2.05) is 53.2 Å². The molecule has 7 heteroatoms. The molecule has 2 heterocycles. The molecule has 0 unspecified atom stereocenters. The number of nitrogens with zero attached hydrogens (tertiary/aromatic N) is 2. The molecule has 0 saturated carbocycles. The number of aromatic nitrogens is 2. The van der Waals surface area contributed by atoms with Gasteiger partial charge in [-0.15, -0.1) is 0 Å². The lowest BCUT2D eigenvalue weighted by atomic mass is 10.1. The third kappa shape index (κ3) is 4.80. The fourth-order valence-electron chi connectivity index (χ4n) is 4.07. The number of hydrogen-bond donors (Lipinski definition) is 0. The molecule has 174 valence electrons. The van der Waals surface area contributed by atoms with E-state index in [0.717, 1.165) is 16.9 Å². The van der Waals surface area contributed by atoms with Gasteiger partial charge in [0.05, 0.1) is 31.6 Å². The molecule has 5 rings (SSSR count). The van der Waals surface area contributed by atoms with Crippen LogP contribution in [0.2, 0.25) is 5.02 Å². The Hall–Kier alpha value is -3.32. The molecule has 6 nitrogen and oxygen atoms in total. The Labute approximate surface area is 203 Å². The zero-order valence-electron chi connectivity index (χ0n) is 18.8. The third-order valence-electron chi connectivity index (χ3n) is 5.79. The zero-order chi connectivity index (χ0) is 23.4. The molecule has 0 spiro atoms. The fraction of sp³-hybridized carbons (Fsp3) is 0.222. The quantitative estimate of drug-likeness (QED) is 0.333. The van der Waals surface area contributed by atoms with E-state index < -0.39 is 5.79 Å². The molecule has 1 aliphatic rings. The van der Waals surface area contributed by atoms with Crippen molar-refractivity contribution >= 4 is 11.6 Å². The minimum absolute atomic E-state index is 0.268. The Morgan fingerprint density at radius 2 is 1.79 bits per heavy atom. The second kappa shape index (κ2) is 9.89. The van der Waals surface area contributed by atoms with Crippen LogP contribution < -0.4 is 9.47 Å². The van der Waals surface area contributed by atoms with Crippen molar-refractivity contribution in [2.24, 2.45) is 0 Å². The number of benzene rings is 3. The minimum Gasteiger partial charge on any atom is -0.497 e. The summed E-state index contributed by atoms with van der Waals surface area (Å²) in [7, 11) is 1.61. The van der Waals surface area contributed by atoms with E-state index in [4.69, 9.17) is 30.5 Å². The summed E-state index contributed by atoms with van der Waals surface area (Å²) in [6, 6.07) is 23.8. The van der Waals surface area contributed by atoms with Crippen molar-refractivity contribution in [1.29, 1.82) is 0 Å². The number of methoxy groups -OCH3 is 1. The van der Waals surface area contributed by atoms with Gasteiger partial charge in [-0.1, -0.05) is 54.1 Å². The summed E-state index contributed by atoms with van der Waals surface area (Å²) in [5.41, 5.74) is 3.04. The maximum absolute atomic E-state index is 6.61. The van der Waals surface area contributed by atoms with E-state index in [1.165, 1.54) is 5.56 Å². The lowest BCUT2D eigenvalue weighted by molar-refractivity contribution is -0.189. The van der Waals surface area contributed by atoms with Crippen molar-refractivity contribution in [3.63, 3.8) is 0 Å². The van der Waals surface area contributed by atoms with Gasteiger partial charge in [-0.05, 0) is 41.5 Å². The Kier molecular flexibility index (Phi) is 6.54. The molecule has 0 N–H and O–H groups in total. The van der Waals surface area contributed by atoms with Gasteiger partial charge in [0.1, 0.15) is 24.2 Å². The predicted molar refractivity (Wildman–Crippen MR) is 130 cm³/mol. The van der Waals surface area contributed by atoms with E-state index in [-0.39, 0.29) is 6.10 Å². The summed E-state index contributed by atoms with van der Waals surface area (Å²) in [5.74, 6) is 0.385. The topological polar surface area (TPSA) is 54.7 Å². The first-order chi connectivity index (χ1) is 16.6. The van der Waals surface area contributed by atoms with E-state index in [2.05, 4.69) is 29.2 Å². The highest BCUT2D eigenvalue weighted by Gasteiger charge is 2.45. The molecular weight excluding hydrogens is 452 g/mol. The number of ether oxygens (including phenoxy) is 4. The molecule has 34 heavy (non-hydrogen) atoms. The summed E-state index contributed by atoms with van der Waals surface area (Å²) in [4.78, 5) is 4.14. The highest BCUT2D eigenvalue weighted by molar-refractivity contribution is 6.31. The normalized spacial score (nSPS) is 19.8. The van der Waals surface area contributed by atoms with Crippen molar-refractivity contribution in [2.75, 3.05) is 20.3 Å². The van der Waals surface area contributed by atoms with Crippen LogP contribution in [0.5, 0.6) is 11.5 Å². The van der Waals surface area contributed by atoms with E-state index in [1.54, 1.807) is 25.7 Å². The monoisotopic (exact) mass is 476 g/mol. The summed E-state index contributed by atoms with van der Waals surface area (Å²) in [6.45, 7) is 1.13. The first-order valence-electron chi connectivity index (χ1n) is 11.0. The van der Waals surface area contributed by atoms with Crippen LogP contribution in [-0.4, -0.2) is 36.0 Å². The third-order valence-corrected chi connectivity index (χ3v) is 6.11. The van der Waals surface area contributed by atoms with Crippen LogP contribution in [-0.2, 0) is 21.8 Å². The van der Waals surface area contributed by atoms with Gasteiger partial charge in [0.25, 0.3) is 0 Å². The van der Waals surface area contributed by atoms with Crippen molar-refractivity contribution in [3.05, 3.63) is 102 Å². The number of halogens is 1. The Bertz CT molecular complexity index is 1220. The second-order valence-electron chi connectivity index (χ2n) is 8.09. The summed E-state index contributed by atoms with van der Waals surface area (Å²) < 4.78 is 26.0. The number of hydrogen-bond acceptors (Lipinski definition) is 5. The van der Waals surface area contributed by atoms with Crippen LogP contribution >= 0.6 is 11.6 Å². The largest absolute Gasteiger partial charge is 0.497 e. The fourth-order valence-corrected chi connectivity index (χ4v) is 4.39. The van der Waals surface area contributed by atoms with Crippen LogP contribution in [0.1, 0.15) is 5.56 Å². The van der Waals surface area contributed by atoms with Crippen LogP contribution in [0.3, 0.4) is 0 Å². The Morgan fingerprint density at radius 3 is 2.50 bits per heavy atom.